The van der Waals surface area contributed by atoms with Crippen molar-refractivity contribution in [2.45, 2.75) is 19.8 Å². The van der Waals surface area contributed by atoms with Crippen LogP contribution in [0.5, 0.6) is 5.75 Å². The van der Waals surface area contributed by atoms with Crippen molar-refractivity contribution in [3.63, 3.8) is 0 Å². The zero-order chi connectivity index (χ0) is 15.2. The molecule has 1 amide bonds. The van der Waals surface area contributed by atoms with Crippen molar-refractivity contribution >= 4 is 17.3 Å². The molecule has 0 radical (unpaired) electrons. The number of nitrogens with two attached hydrogens (primary N) is 1. The van der Waals surface area contributed by atoms with Crippen molar-refractivity contribution in [3.8, 4) is 5.75 Å². The molecule has 0 aliphatic carbocycles. The Balaban J connectivity index is 1.94. The van der Waals surface area contributed by atoms with Crippen molar-refractivity contribution in [2.24, 2.45) is 0 Å². The van der Waals surface area contributed by atoms with Gasteiger partial charge in [-0.05, 0) is 31.0 Å². The highest BCUT2D eigenvalue weighted by atomic mass is 16.5. The number of carbonyl (C=O) groups is 1. The number of anilines is 2. The van der Waals surface area contributed by atoms with E-state index in [2.05, 4.69) is 17.4 Å². The van der Waals surface area contributed by atoms with Crippen LogP contribution < -0.4 is 15.8 Å². The van der Waals surface area contributed by atoms with Crippen molar-refractivity contribution in [2.75, 3.05) is 18.2 Å². The molecule has 0 unspecified atom stereocenters. The Morgan fingerprint density at radius 1 is 1.19 bits per heavy atom. The fourth-order valence-electron chi connectivity index (χ4n) is 2.04. The van der Waals surface area contributed by atoms with Gasteiger partial charge in [-0.1, -0.05) is 29.8 Å². The lowest BCUT2D eigenvalue weighted by molar-refractivity contribution is -0.116. The molecule has 4 heteroatoms. The molecule has 0 saturated heterocycles. The van der Waals surface area contributed by atoms with E-state index in [-0.39, 0.29) is 5.91 Å². The molecule has 0 bridgehead atoms. The molecule has 0 aliphatic rings. The number of amides is 1. The van der Waals surface area contributed by atoms with E-state index in [9.17, 15) is 4.79 Å². The lowest BCUT2D eigenvalue weighted by atomic mass is 10.1. The average molecular weight is 284 g/mol. The summed E-state index contributed by atoms with van der Waals surface area (Å²) in [4.78, 5) is 12.0. The van der Waals surface area contributed by atoms with Crippen molar-refractivity contribution in [1.82, 2.24) is 0 Å². The number of hydrogen-bond donors (Lipinski definition) is 2. The summed E-state index contributed by atoms with van der Waals surface area (Å²) >= 11 is 0. The Bertz CT molecular complexity index is 621. The van der Waals surface area contributed by atoms with E-state index in [1.54, 1.807) is 25.3 Å². The van der Waals surface area contributed by atoms with Crippen LogP contribution in [0.4, 0.5) is 11.4 Å². The van der Waals surface area contributed by atoms with Gasteiger partial charge in [0.2, 0.25) is 5.91 Å². The van der Waals surface area contributed by atoms with Gasteiger partial charge in [0, 0.05) is 18.2 Å². The predicted molar refractivity (Wildman–Crippen MR) is 85.5 cm³/mol. The Hall–Kier alpha value is -2.49. The summed E-state index contributed by atoms with van der Waals surface area (Å²) in [5.41, 5.74) is 9.30. The Labute approximate surface area is 124 Å². The van der Waals surface area contributed by atoms with E-state index in [0.717, 1.165) is 5.56 Å². The lowest BCUT2D eigenvalue weighted by Crippen LogP contribution is -2.13. The van der Waals surface area contributed by atoms with Crippen molar-refractivity contribution in [3.05, 3.63) is 53.6 Å². The molecule has 4 nitrogen and oxygen atoms in total. The maximum Gasteiger partial charge on any atom is 0.224 e. The molecule has 0 spiro atoms. The number of aryl methyl sites for hydroxylation is 2. The van der Waals surface area contributed by atoms with Gasteiger partial charge >= 0.3 is 0 Å². The lowest BCUT2D eigenvalue weighted by Gasteiger charge is -2.11. The fraction of sp³-hybridized carbons (Fsp3) is 0.235. The Morgan fingerprint density at radius 2 is 1.90 bits per heavy atom. The number of carbonyl (C=O) groups excluding carboxylic acids is 1. The minimum atomic E-state index is -0.0429. The molecule has 2 aromatic rings. The van der Waals surface area contributed by atoms with Crippen LogP contribution in [0.1, 0.15) is 17.5 Å². The Morgan fingerprint density at radius 3 is 2.57 bits per heavy atom. The molecular weight excluding hydrogens is 264 g/mol. The first-order chi connectivity index (χ1) is 10.1. The monoisotopic (exact) mass is 284 g/mol. The number of rotatable bonds is 5. The van der Waals surface area contributed by atoms with Crippen LogP contribution in [0.15, 0.2) is 42.5 Å². The molecule has 2 aromatic carbocycles. The zero-order valence-corrected chi connectivity index (χ0v) is 12.3. The molecule has 0 heterocycles. The first-order valence-electron chi connectivity index (χ1n) is 6.87. The van der Waals surface area contributed by atoms with Crippen LogP contribution in [0.2, 0.25) is 0 Å². The van der Waals surface area contributed by atoms with Crippen molar-refractivity contribution < 1.29 is 9.53 Å². The SMILES string of the molecule is COc1cc(N)ccc1NC(=O)CCc1ccc(C)cc1. The minimum absolute atomic E-state index is 0.0429. The third-order valence-corrected chi connectivity index (χ3v) is 3.26. The van der Waals surface area contributed by atoms with Crippen LogP contribution in [0.25, 0.3) is 0 Å². The molecule has 110 valence electrons. The molecule has 0 saturated carbocycles. The largest absolute Gasteiger partial charge is 0.494 e. The number of nitrogen functional groups attached to an aromatic ring is 1. The third-order valence-electron chi connectivity index (χ3n) is 3.26. The topological polar surface area (TPSA) is 64.3 Å². The van der Waals surface area contributed by atoms with Gasteiger partial charge in [0.05, 0.1) is 12.8 Å². The summed E-state index contributed by atoms with van der Waals surface area (Å²) in [5, 5.41) is 2.85. The standard InChI is InChI=1S/C17H20N2O2/c1-12-3-5-13(6-4-12)7-10-17(20)19-15-9-8-14(18)11-16(15)21-2/h3-6,8-9,11H,7,10,18H2,1-2H3,(H,19,20). The minimum Gasteiger partial charge on any atom is -0.494 e. The highest BCUT2D eigenvalue weighted by Crippen LogP contribution is 2.26. The van der Waals surface area contributed by atoms with Crippen LogP contribution in [0, 0.1) is 6.92 Å². The van der Waals surface area contributed by atoms with Gasteiger partial charge in [0.15, 0.2) is 0 Å². The van der Waals surface area contributed by atoms with E-state index in [0.29, 0.717) is 30.0 Å². The normalized spacial score (nSPS) is 10.2. The molecule has 3 N–H and O–H groups in total. The highest BCUT2D eigenvalue weighted by Gasteiger charge is 2.08. The summed E-state index contributed by atoms with van der Waals surface area (Å²) in [5.74, 6) is 0.525. The summed E-state index contributed by atoms with van der Waals surface area (Å²) in [6.07, 6.45) is 1.14. The smallest absolute Gasteiger partial charge is 0.224 e. The number of ether oxygens (including phenoxy) is 1. The maximum atomic E-state index is 12.0. The zero-order valence-electron chi connectivity index (χ0n) is 12.3. The summed E-state index contributed by atoms with van der Waals surface area (Å²) in [7, 11) is 1.55. The average Bonchev–Trinajstić information content (AvgIpc) is 2.48. The van der Waals surface area contributed by atoms with Gasteiger partial charge < -0.3 is 15.8 Å². The molecular formula is C17H20N2O2. The van der Waals surface area contributed by atoms with Gasteiger partial charge in [-0.2, -0.15) is 0 Å². The molecule has 0 fully saturated rings. The Kier molecular flexibility index (Phi) is 4.82. The number of nitrogens with one attached hydrogen (secondary N) is 1. The second-order valence-corrected chi connectivity index (χ2v) is 4.99. The van der Waals surface area contributed by atoms with Crippen LogP contribution >= 0.6 is 0 Å². The molecule has 0 aromatic heterocycles. The van der Waals surface area contributed by atoms with Crippen LogP contribution in [0.3, 0.4) is 0 Å². The number of benzene rings is 2. The second-order valence-electron chi connectivity index (χ2n) is 4.99. The van der Waals surface area contributed by atoms with Gasteiger partial charge in [-0.15, -0.1) is 0 Å². The number of hydrogen-bond acceptors (Lipinski definition) is 3. The van der Waals surface area contributed by atoms with E-state index in [1.165, 1.54) is 5.56 Å². The first kappa shape index (κ1) is 14.9. The van der Waals surface area contributed by atoms with Gasteiger partial charge in [-0.25, -0.2) is 0 Å². The van der Waals surface area contributed by atoms with E-state index in [1.807, 2.05) is 19.1 Å². The van der Waals surface area contributed by atoms with Gasteiger partial charge in [0.1, 0.15) is 5.75 Å². The summed E-state index contributed by atoms with van der Waals surface area (Å²) in [6, 6.07) is 13.4. The summed E-state index contributed by atoms with van der Waals surface area (Å²) in [6.45, 7) is 2.05. The third kappa shape index (κ3) is 4.24. The quantitative estimate of drug-likeness (QED) is 0.829. The highest BCUT2D eigenvalue weighted by molar-refractivity contribution is 5.92. The molecule has 2 rings (SSSR count). The van der Waals surface area contributed by atoms with E-state index in [4.69, 9.17) is 10.5 Å². The van der Waals surface area contributed by atoms with Crippen LogP contribution in [-0.2, 0) is 11.2 Å². The van der Waals surface area contributed by atoms with Crippen LogP contribution in [-0.4, -0.2) is 13.0 Å². The first-order valence-corrected chi connectivity index (χ1v) is 6.87. The van der Waals surface area contributed by atoms with Gasteiger partial charge in [-0.3, -0.25) is 4.79 Å². The van der Waals surface area contributed by atoms with E-state index < -0.39 is 0 Å². The maximum absolute atomic E-state index is 12.0. The molecule has 0 atom stereocenters. The number of methoxy groups -OCH3 is 1. The van der Waals surface area contributed by atoms with Gasteiger partial charge in [0.25, 0.3) is 0 Å². The molecule has 0 aliphatic heterocycles. The van der Waals surface area contributed by atoms with E-state index >= 15 is 0 Å². The van der Waals surface area contributed by atoms with Crippen molar-refractivity contribution in [1.29, 1.82) is 0 Å². The fourth-order valence-corrected chi connectivity index (χ4v) is 2.04. The second kappa shape index (κ2) is 6.79. The summed E-state index contributed by atoms with van der Waals surface area (Å²) < 4.78 is 5.21. The molecule has 21 heavy (non-hydrogen) atoms. The predicted octanol–water partition coefficient (Wildman–Crippen LogP) is 3.16.